The fraction of sp³-hybridized carbons (Fsp3) is 0.182. The Hall–Kier alpha value is -3.17. The van der Waals surface area contributed by atoms with Gasteiger partial charge in [-0.3, -0.25) is 9.36 Å². The first-order chi connectivity index (χ1) is 15.0. The largest absolute Gasteiger partial charge is 0.496 e. The van der Waals surface area contributed by atoms with Gasteiger partial charge in [-0.15, -0.1) is 21.5 Å². The maximum Gasteiger partial charge on any atom is 0.236 e. The van der Waals surface area contributed by atoms with Gasteiger partial charge >= 0.3 is 0 Å². The second-order valence-corrected chi connectivity index (χ2v) is 8.70. The van der Waals surface area contributed by atoms with E-state index in [1.807, 2.05) is 66.3 Å². The van der Waals surface area contributed by atoms with Crippen molar-refractivity contribution in [3.05, 3.63) is 65.3 Å². The number of ether oxygens (including phenoxy) is 1. The van der Waals surface area contributed by atoms with E-state index in [1.165, 1.54) is 28.7 Å². The summed E-state index contributed by atoms with van der Waals surface area (Å²) in [6.07, 6.45) is 1.65. The van der Waals surface area contributed by atoms with Crippen molar-refractivity contribution in [2.45, 2.75) is 19.0 Å². The van der Waals surface area contributed by atoms with E-state index >= 15 is 0 Å². The van der Waals surface area contributed by atoms with Crippen molar-refractivity contribution in [1.82, 2.24) is 19.7 Å². The zero-order chi connectivity index (χ0) is 21.8. The molecule has 0 fully saturated rings. The molecule has 0 atom stereocenters. The second-order valence-electron chi connectivity index (χ2n) is 6.90. The summed E-state index contributed by atoms with van der Waals surface area (Å²) in [6.45, 7) is 4.06. The number of carbonyl (C=O) groups is 1. The van der Waals surface area contributed by atoms with Crippen molar-refractivity contribution in [3.63, 3.8) is 0 Å². The van der Waals surface area contributed by atoms with Gasteiger partial charge in [0.25, 0.3) is 0 Å². The van der Waals surface area contributed by atoms with Gasteiger partial charge in [0.15, 0.2) is 10.3 Å². The monoisotopic (exact) mass is 451 g/mol. The van der Waals surface area contributed by atoms with E-state index in [0.29, 0.717) is 10.3 Å². The summed E-state index contributed by atoms with van der Waals surface area (Å²) in [5.41, 5.74) is 4.92. The summed E-state index contributed by atoms with van der Waals surface area (Å²) >= 11 is 2.71. The molecule has 0 aliphatic rings. The minimum Gasteiger partial charge on any atom is -0.496 e. The Balaban J connectivity index is 1.41. The average Bonchev–Trinajstić information content (AvgIpc) is 3.42. The van der Waals surface area contributed by atoms with Gasteiger partial charge in [0, 0.05) is 16.6 Å². The number of nitrogens with one attached hydrogen (secondary N) is 1. The van der Waals surface area contributed by atoms with E-state index in [1.54, 1.807) is 13.4 Å². The van der Waals surface area contributed by atoms with E-state index in [4.69, 9.17) is 4.74 Å². The number of amides is 1. The first-order valence-electron chi connectivity index (χ1n) is 9.54. The second kappa shape index (κ2) is 9.32. The number of hydrogen-bond acceptors (Lipinski definition) is 7. The summed E-state index contributed by atoms with van der Waals surface area (Å²) in [7, 11) is 1.63. The third kappa shape index (κ3) is 4.95. The average molecular weight is 452 g/mol. The van der Waals surface area contributed by atoms with Crippen LogP contribution in [0, 0.1) is 13.8 Å². The van der Waals surface area contributed by atoms with Crippen molar-refractivity contribution >= 4 is 34.1 Å². The molecule has 0 aliphatic heterocycles. The molecular weight excluding hydrogens is 430 g/mol. The predicted octanol–water partition coefficient (Wildman–Crippen LogP) is 4.75. The number of nitrogens with zero attached hydrogens (tertiary/aromatic N) is 4. The first-order valence-corrected chi connectivity index (χ1v) is 11.4. The van der Waals surface area contributed by atoms with Crippen LogP contribution in [0.5, 0.6) is 5.75 Å². The number of aromatic nitrogens is 4. The number of anilines is 1. The molecule has 9 heteroatoms. The molecule has 1 N–H and O–H groups in total. The first kappa shape index (κ1) is 21.1. The van der Waals surface area contributed by atoms with Gasteiger partial charge in [-0.1, -0.05) is 41.1 Å². The van der Waals surface area contributed by atoms with Gasteiger partial charge in [0.05, 0.1) is 18.6 Å². The zero-order valence-electron chi connectivity index (χ0n) is 17.3. The SMILES string of the molecule is COc1ccc(C)cc1-c1csc(NC(=O)CSc2nncn2-c2ccc(C)cc2)n1. The molecule has 4 rings (SSSR count). The van der Waals surface area contributed by atoms with Crippen molar-refractivity contribution in [1.29, 1.82) is 0 Å². The van der Waals surface area contributed by atoms with Crippen LogP contribution in [0.4, 0.5) is 5.13 Å². The molecule has 31 heavy (non-hydrogen) atoms. The van der Waals surface area contributed by atoms with Crippen molar-refractivity contribution < 1.29 is 9.53 Å². The third-order valence-electron chi connectivity index (χ3n) is 4.54. The van der Waals surface area contributed by atoms with Crippen molar-refractivity contribution in [2.75, 3.05) is 18.2 Å². The van der Waals surface area contributed by atoms with Gasteiger partial charge < -0.3 is 10.1 Å². The molecule has 0 aliphatic carbocycles. The Bertz CT molecular complexity index is 1200. The highest BCUT2D eigenvalue weighted by Gasteiger charge is 2.14. The van der Waals surface area contributed by atoms with Gasteiger partial charge in [-0.2, -0.15) is 0 Å². The molecule has 0 spiro atoms. The van der Waals surface area contributed by atoms with E-state index in [9.17, 15) is 4.79 Å². The lowest BCUT2D eigenvalue weighted by Crippen LogP contribution is -2.14. The Morgan fingerprint density at radius 1 is 1.16 bits per heavy atom. The number of hydrogen-bond donors (Lipinski definition) is 1. The highest BCUT2D eigenvalue weighted by molar-refractivity contribution is 7.99. The molecule has 158 valence electrons. The highest BCUT2D eigenvalue weighted by Crippen LogP contribution is 2.33. The Morgan fingerprint density at radius 2 is 1.94 bits per heavy atom. The maximum atomic E-state index is 12.5. The number of thioether (sulfide) groups is 1. The lowest BCUT2D eigenvalue weighted by molar-refractivity contribution is -0.113. The van der Waals surface area contributed by atoms with E-state index < -0.39 is 0 Å². The summed E-state index contributed by atoms with van der Waals surface area (Å²) in [5.74, 6) is 0.799. The molecule has 0 bridgehead atoms. The predicted molar refractivity (Wildman–Crippen MR) is 124 cm³/mol. The van der Waals surface area contributed by atoms with Crippen molar-refractivity contribution in [3.8, 4) is 22.7 Å². The molecule has 1 amide bonds. The molecular formula is C22H21N5O2S2. The Morgan fingerprint density at radius 3 is 2.71 bits per heavy atom. The zero-order valence-corrected chi connectivity index (χ0v) is 19.0. The molecule has 0 radical (unpaired) electrons. The summed E-state index contributed by atoms with van der Waals surface area (Å²) in [6, 6.07) is 14.0. The Labute approximate surface area is 188 Å². The van der Waals surface area contributed by atoms with Crippen LogP contribution in [0.15, 0.2) is 59.3 Å². The van der Waals surface area contributed by atoms with Crippen LogP contribution in [0.25, 0.3) is 16.9 Å². The van der Waals surface area contributed by atoms with E-state index in [-0.39, 0.29) is 11.7 Å². The van der Waals surface area contributed by atoms with Crippen LogP contribution in [-0.4, -0.2) is 38.5 Å². The maximum absolute atomic E-state index is 12.5. The van der Waals surface area contributed by atoms with Crippen LogP contribution in [-0.2, 0) is 4.79 Å². The number of aryl methyl sites for hydroxylation is 2. The van der Waals surface area contributed by atoms with Crippen molar-refractivity contribution in [2.24, 2.45) is 0 Å². The normalized spacial score (nSPS) is 10.8. The van der Waals surface area contributed by atoms with Crippen LogP contribution < -0.4 is 10.1 Å². The number of benzene rings is 2. The smallest absolute Gasteiger partial charge is 0.236 e. The fourth-order valence-corrected chi connectivity index (χ4v) is 4.42. The highest BCUT2D eigenvalue weighted by atomic mass is 32.2. The van der Waals surface area contributed by atoms with Gasteiger partial charge in [-0.05, 0) is 38.1 Å². The summed E-state index contributed by atoms with van der Waals surface area (Å²) < 4.78 is 7.30. The number of carbonyl (C=O) groups excluding carboxylic acids is 1. The minimum absolute atomic E-state index is 0.152. The van der Waals surface area contributed by atoms with Crippen LogP contribution in [0.3, 0.4) is 0 Å². The van der Waals surface area contributed by atoms with E-state index in [2.05, 4.69) is 20.5 Å². The topological polar surface area (TPSA) is 81.9 Å². The molecule has 2 aromatic heterocycles. The van der Waals surface area contributed by atoms with Gasteiger partial charge in [-0.25, -0.2) is 4.98 Å². The molecule has 0 saturated carbocycles. The van der Waals surface area contributed by atoms with Crippen LogP contribution >= 0.6 is 23.1 Å². The summed E-state index contributed by atoms with van der Waals surface area (Å²) in [4.78, 5) is 17.0. The van der Waals surface area contributed by atoms with Gasteiger partial charge in [0.1, 0.15) is 12.1 Å². The third-order valence-corrected chi connectivity index (χ3v) is 6.24. The van der Waals surface area contributed by atoms with Gasteiger partial charge in [0.2, 0.25) is 5.91 Å². The fourth-order valence-electron chi connectivity index (χ4n) is 2.97. The molecule has 0 saturated heterocycles. The molecule has 4 aromatic rings. The molecule has 7 nitrogen and oxygen atoms in total. The Kier molecular flexibility index (Phi) is 6.34. The van der Waals surface area contributed by atoms with E-state index in [0.717, 1.165) is 28.3 Å². The summed E-state index contributed by atoms with van der Waals surface area (Å²) in [5, 5.41) is 14.1. The number of rotatable bonds is 7. The minimum atomic E-state index is -0.152. The lowest BCUT2D eigenvalue weighted by atomic mass is 10.1. The molecule has 0 unspecified atom stereocenters. The van der Waals surface area contributed by atoms with Crippen LogP contribution in [0.1, 0.15) is 11.1 Å². The quantitative estimate of drug-likeness (QED) is 0.409. The molecule has 2 aromatic carbocycles. The number of thiazole rings is 1. The standard InChI is InChI=1S/C22H21N5O2S2/c1-14-4-7-16(8-5-14)27-13-23-26-22(27)31-12-20(28)25-21-24-18(11-30-21)17-10-15(2)6-9-19(17)29-3/h4-11,13H,12H2,1-3H3,(H,24,25,28). The lowest BCUT2D eigenvalue weighted by Gasteiger charge is -2.07. The molecule has 2 heterocycles. The van der Waals surface area contributed by atoms with Crippen LogP contribution in [0.2, 0.25) is 0 Å². The number of methoxy groups -OCH3 is 1.